The van der Waals surface area contributed by atoms with Crippen LogP contribution in [0.25, 0.3) is 0 Å². The Morgan fingerprint density at radius 1 is 0.970 bits per heavy atom. The van der Waals surface area contributed by atoms with Gasteiger partial charge in [-0.15, -0.1) is 0 Å². The Bertz CT molecular complexity index is 975. The lowest BCUT2D eigenvalue weighted by Gasteiger charge is -2.29. The van der Waals surface area contributed by atoms with E-state index in [1.165, 1.54) is 49.9 Å². The number of rotatable bonds is 3. The normalized spacial score (nSPS) is 22.0. The molecule has 7 nitrogen and oxygen atoms in total. The molecule has 5 heterocycles. The first-order valence-electron chi connectivity index (χ1n) is 12.5. The molecule has 1 aromatic carbocycles. The summed E-state index contributed by atoms with van der Waals surface area (Å²) in [7, 11) is 0. The van der Waals surface area contributed by atoms with Gasteiger partial charge in [-0.05, 0) is 61.9 Å². The largest absolute Gasteiger partial charge is 0.486 e. The van der Waals surface area contributed by atoms with Crippen LogP contribution >= 0.6 is 11.8 Å². The van der Waals surface area contributed by atoms with Gasteiger partial charge in [0, 0.05) is 43.6 Å². The summed E-state index contributed by atoms with van der Waals surface area (Å²) < 4.78 is 6.44. The molecule has 4 fully saturated rings. The fraction of sp³-hybridized carbons (Fsp3) is 0.600. The van der Waals surface area contributed by atoms with Gasteiger partial charge in [0.05, 0.1) is 11.3 Å². The standard InChI is InChI=1S/C21H25N5OS.C4H9N/c1-2-13(1)16-7-14(15-9-22-10-15)8-18-19(16)27-11-17-20(25-18)23-12-24-21(17)26-3-5-28-6-4-26;1-2-4-5-3-1/h7-8,12-13,15,22H,1-6,9-11H2,(H,23,24,25);5H,1-4H2. The van der Waals surface area contributed by atoms with E-state index in [0.29, 0.717) is 18.4 Å². The number of hydrogen-bond donors (Lipinski definition) is 3. The summed E-state index contributed by atoms with van der Waals surface area (Å²) in [5.74, 6) is 6.51. The molecule has 1 aromatic heterocycles. The van der Waals surface area contributed by atoms with E-state index in [4.69, 9.17) is 4.74 Å². The average molecular weight is 467 g/mol. The van der Waals surface area contributed by atoms with E-state index in [1.807, 2.05) is 11.8 Å². The topological polar surface area (TPSA) is 74.3 Å². The highest BCUT2D eigenvalue weighted by Crippen LogP contribution is 2.50. The van der Waals surface area contributed by atoms with Crippen LogP contribution in [0.3, 0.4) is 0 Å². The summed E-state index contributed by atoms with van der Waals surface area (Å²) in [6.07, 6.45) is 7.01. The van der Waals surface area contributed by atoms with Gasteiger partial charge in [0.1, 0.15) is 30.3 Å². The van der Waals surface area contributed by atoms with E-state index in [-0.39, 0.29) is 0 Å². The Balaban J connectivity index is 0.000000368. The maximum absolute atomic E-state index is 6.44. The molecular formula is C25H34N6OS. The molecule has 0 amide bonds. The van der Waals surface area contributed by atoms with Gasteiger partial charge in [-0.25, -0.2) is 9.97 Å². The van der Waals surface area contributed by atoms with Gasteiger partial charge in [0.25, 0.3) is 0 Å². The second kappa shape index (κ2) is 9.68. The molecule has 0 unspecified atom stereocenters. The number of ether oxygens (including phenoxy) is 1. The molecular weight excluding hydrogens is 432 g/mol. The lowest BCUT2D eigenvalue weighted by Crippen LogP contribution is -2.39. The maximum atomic E-state index is 6.44. The first kappa shape index (κ1) is 21.5. The first-order valence-corrected chi connectivity index (χ1v) is 13.7. The lowest BCUT2D eigenvalue weighted by molar-refractivity contribution is 0.306. The summed E-state index contributed by atoms with van der Waals surface area (Å²) in [5, 5.41) is 10.2. The number of nitrogens with one attached hydrogen (secondary N) is 3. The second-order valence-corrected chi connectivity index (χ2v) is 10.8. The van der Waals surface area contributed by atoms with Crippen molar-refractivity contribution in [3.05, 3.63) is 35.2 Å². The van der Waals surface area contributed by atoms with Crippen LogP contribution in [-0.2, 0) is 6.61 Å². The van der Waals surface area contributed by atoms with Crippen LogP contribution in [0, 0.1) is 0 Å². The predicted octanol–water partition coefficient (Wildman–Crippen LogP) is 3.60. The van der Waals surface area contributed by atoms with Gasteiger partial charge in [0.15, 0.2) is 0 Å². The number of thioether (sulfide) groups is 1. The molecule has 1 aliphatic carbocycles. The molecule has 176 valence electrons. The minimum absolute atomic E-state index is 0.527. The highest BCUT2D eigenvalue weighted by atomic mass is 32.2. The highest BCUT2D eigenvalue weighted by molar-refractivity contribution is 7.99. The molecule has 8 heteroatoms. The maximum Gasteiger partial charge on any atom is 0.146 e. The molecule has 0 bridgehead atoms. The first-order chi connectivity index (χ1) is 16.4. The number of benzene rings is 1. The fourth-order valence-electron chi connectivity index (χ4n) is 4.97. The van der Waals surface area contributed by atoms with Crippen LogP contribution in [0.2, 0.25) is 0 Å². The molecule has 0 spiro atoms. The molecule has 2 aromatic rings. The molecule has 1 saturated carbocycles. The van der Waals surface area contributed by atoms with Crippen molar-refractivity contribution < 1.29 is 4.74 Å². The third-order valence-corrected chi connectivity index (χ3v) is 8.16. The summed E-state index contributed by atoms with van der Waals surface area (Å²) >= 11 is 2.01. The van der Waals surface area contributed by atoms with Gasteiger partial charge in [0.2, 0.25) is 0 Å². The Labute approximate surface area is 200 Å². The Hall–Kier alpha value is -2.03. The summed E-state index contributed by atoms with van der Waals surface area (Å²) in [5.41, 5.74) is 4.95. The van der Waals surface area contributed by atoms with Crippen LogP contribution in [0.5, 0.6) is 5.75 Å². The molecule has 3 N–H and O–H groups in total. The van der Waals surface area contributed by atoms with Crippen molar-refractivity contribution in [1.82, 2.24) is 20.6 Å². The van der Waals surface area contributed by atoms with Gasteiger partial charge < -0.3 is 25.6 Å². The molecule has 0 atom stereocenters. The SMILES string of the molecule is C1CCNC1.c1nc2c(c(N3CCSCC3)n1)COc1c(cc(C3CNC3)cc1C1CC1)N2. The van der Waals surface area contributed by atoms with Crippen LogP contribution < -0.4 is 25.6 Å². The van der Waals surface area contributed by atoms with E-state index in [0.717, 1.165) is 66.3 Å². The van der Waals surface area contributed by atoms with Crippen molar-refractivity contribution in [2.45, 2.75) is 44.1 Å². The minimum Gasteiger partial charge on any atom is -0.486 e. The number of fused-ring (bicyclic) bond motifs is 2. The number of anilines is 3. The molecule has 3 saturated heterocycles. The zero-order chi connectivity index (χ0) is 22.0. The molecule has 33 heavy (non-hydrogen) atoms. The van der Waals surface area contributed by atoms with Crippen molar-refractivity contribution in [1.29, 1.82) is 0 Å². The average Bonchev–Trinajstić information content (AvgIpc) is 3.52. The van der Waals surface area contributed by atoms with E-state index in [9.17, 15) is 0 Å². The third-order valence-electron chi connectivity index (χ3n) is 7.21. The monoisotopic (exact) mass is 466 g/mol. The van der Waals surface area contributed by atoms with E-state index in [1.54, 1.807) is 6.33 Å². The van der Waals surface area contributed by atoms with E-state index < -0.39 is 0 Å². The second-order valence-electron chi connectivity index (χ2n) is 9.61. The van der Waals surface area contributed by atoms with Gasteiger partial charge in [-0.3, -0.25) is 0 Å². The zero-order valence-electron chi connectivity index (χ0n) is 19.2. The van der Waals surface area contributed by atoms with Crippen molar-refractivity contribution in [3.8, 4) is 5.75 Å². The Morgan fingerprint density at radius 3 is 2.45 bits per heavy atom. The van der Waals surface area contributed by atoms with Crippen molar-refractivity contribution >= 4 is 29.1 Å². The number of aromatic nitrogens is 2. The molecule has 7 rings (SSSR count). The van der Waals surface area contributed by atoms with Gasteiger partial charge in [-0.1, -0.05) is 6.07 Å². The van der Waals surface area contributed by atoms with E-state index in [2.05, 4.69) is 43.0 Å². The van der Waals surface area contributed by atoms with Gasteiger partial charge >= 0.3 is 0 Å². The smallest absolute Gasteiger partial charge is 0.146 e. The molecule has 5 aliphatic rings. The summed E-state index contributed by atoms with van der Waals surface area (Å²) in [6.45, 7) is 7.24. The fourth-order valence-corrected chi connectivity index (χ4v) is 5.88. The third kappa shape index (κ3) is 4.66. The minimum atomic E-state index is 0.527. The van der Waals surface area contributed by atoms with Crippen LogP contribution in [0.1, 0.15) is 54.2 Å². The van der Waals surface area contributed by atoms with Crippen molar-refractivity contribution in [3.63, 3.8) is 0 Å². The van der Waals surface area contributed by atoms with Crippen molar-refractivity contribution in [2.75, 3.05) is 61.0 Å². The molecule has 0 radical (unpaired) electrons. The lowest BCUT2D eigenvalue weighted by atomic mass is 9.90. The van der Waals surface area contributed by atoms with Crippen molar-refractivity contribution in [2.24, 2.45) is 0 Å². The van der Waals surface area contributed by atoms with Gasteiger partial charge in [-0.2, -0.15) is 11.8 Å². The quantitative estimate of drug-likeness (QED) is 0.634. The Kier molecular flexibility index (Phi) is 6.31. The highest BCUT2D eigenvalue weighted by Gasteiger charge is 2.33. The van der Waals surface area contributed by atoms with Crippen LogP contribution in [-0.4, -0.2) is 60.7 Å². The predicted molar refractivity (Wildman–Crippen MR) is 135 cm³/mol. The summed E-state index contributed by atoms with van der Waals surface area (Å²) in [6, 6.07) is 4.68. The number of hydrogen-bond acceptors (Lipinski definition) is 8. The van der Waals surface area contributed by atoms with Crippen LogP contribution in [0.15, 0.2) is 18.5 Å². The van der Waals surface area contributed by atoms with E-state index >= 15 is 0 Å². The Morgan fingerprint density at radius 2 is 1.79 bits per heavy atom. The summed E-state index contributed by atoms with van der Waals surface area (Å²) in [4.78, 5) is 11.6. The zero-order valence-corrected chi connectivity index (χ0v) is 20.1. The van der Waals surface area contributed by atoms with Crippen LogP contribution in [0.4, 0.5) is 17.3 Å². The molecule has 4 aliphatic heterocycles. The number of nitrogens with zero attached hydrogens (tertiary/aromatic N) is 3.